The van der Waals surface area contributed by atoms with Gasteiger partial charge in [0.1, 0.15) is 11.8 Å². The highest BCUT2D eigenvalue weighted by atomic mass is 32.2. The van der Waals surface area contributed by atoms with Crippen LogP contribution in [0.5, 0.6) is 0 Å². The molecule has 2 unspecified atom stereocenters. The Morgan fingerprint density at radius 3 is 2.62 bits per heavy atom. The van der Waals surface area contributed by atoms with E-state index in [2.05, 4.69) is 5.32 Å². The van der Waals surface area contributed by atoms with Crippen LogP contribution in [0.15, 0.2) is 84.7 Å². The molecule has 0 bridgehead atoms. The summed E-state index contributed by atoms with van der Waals surface area (Å²) >= 11 is 0. The first-order valence-electron chi connectivity index (χ1n) is 13.5. The van der Waals surface area contributed by atoms with Crippen molar-refractivity contribution in [3.63, 3.8) is 0 Å². The molecule has 0 saturated carbocycles. The van der Waals surface area contributed by atoms with Crippen LogP contribution < -0.4 is 10.2 Å². The van der Waals surface area contributed by atoms with Crippen LogP contribution >= 0.6 is 0 Å². The Hall–Kier alpha value is -3.95. The van der Waals surface area contributed by atoms with Crippen LogP contribution in [-0.4, -0.2) is 49.5 Å². The molecule has 0 aromatic heterocycles. The van der Waals surface area contributed by atoms with Crippen molar-refractivity contribution in [2.45, 2.75) is 43.5 Å². The van der Waals surface area contributed by atoms with E-state index in [0.717, 1.165) is 28.4 Å². The highest BCUT2D eigenvalue weighted by Gasteiger charge is 2.40. The maximum absolute atomic E-state index is 13.7. The maximum atomic E-state index is 13.7. The molecule has 9 heteroatoms. The van der Waals surface area contributed by atoms with Gasteiger partial charge in [0.2, 0.25) is 15.9 Å². The molecule has 1 N–H and O–H groups in total. The molecule has 1 fully saturated rings. The minimum absolute atomic E-state index is 0.0799. The van der Waals surface area contributed by atoms with E-state index in [0.29, 0.717) is 49.4 Å². The van der Waals surface area contributed by atoms with Gasteiger partial charge < -0.3 is 15.0 Å². The van der Waals surface area contributed by atoms with Gasteiger partial charge in [-0.25, -0.2) is 8.42 Å². The van der Waals surface area contributed by atoms with Gasteiger partial charge in [0, 0.05) is 28.6 Å². The molecule has 206 valence electrons. The van der Waals surface area contributed by atoms with E-state index in [4.69, 9.17) is 4.74 Å². The van der Waals surface area contributed by atoms with Gasteiger partial charge in [0.25, 0.3) is 5.91 Å². The zero-order chi connectivity index (χ0) is 27.9. The molecule has 6 rings (SSSR count). The number of nitrogens with one attached hydrogen (secondary N) is 1. The summed E-state index contributed by atoms with van der Waals surface area (Å²) in [6.45, 7) is 0.749. The number of hydrogen-bond donors (Lipinski definition) is 1. The molecule has 3 aromatic rings. The number of rotatable bonds is 7. The van der Waals surface area contributed by atoms with Crippen LogP contribution in [0.1, 0.15) is 41.6 Å². The minimum Gasteiger partial charge on any atom is -0.497 e. The van der Waals surface area contributed by atoms with Crippen molar-refractivity contribution >= 4 is 44.0 Å². The van der Waals surface area contributed by atoms with Gasteiger partial charge in [0.15, 0.2) is 0 Å². The fraction of sp³-hybridized carbons (Fsp3) is 0.290. The molecule has 0 radical (unpaired) electrons. The van der Waals surface area contributed by atoms with Crippen LogP contribution in [-0.2, 0) is 26.1 Å². The van der Waals surface area contributed by atoms with E-state index in [1.54, 1.807) is 42.4 Å². The van der Waals surface area contributed by atoms with Crippen molar-refractivity contribution in [3.05, 3.63) is 95.8 Å². The van der Waals surface area contributed by atoms with Gasteiger partial charge in [-0.05, 0) is 55.2 Å². The number of ether oxygens (including phenoxy) is 1. The number of methoxy groups -OCH3 is 1. The van der Waals surface area contributed by atoms with Gasteiger partial charge in [-0.2, -0.15) is 4.31 Å². The molecule has 8 nitrogen and oxygen atoms in total. The number of carbonyl (C=O) groups is 2. The SMILES string of the molecule is COC1=CCC(S(=O)(=O)N2CCCCC2C(=O)Nc2ccc3c4c(cccc24)C(=O)N3Cc2ccccc2)C=C1. The zero-order valence-corrected chi connectivity index (χ0v) is 23.1. The molecule has 0 spiro atoms. The molecule has 1 saturated heterocycles. The topological polar surface area (TPSA) is 96.0 Å². The van der Waals surface area contributed by atoms with Crippen LogP contribution in [0.3, 0.4) is 0 Å². The first-order chi connectivity index (χ1) is 19.4. The highest BCUT2D eigenvalue weighted by Crippen LogP contribution is 2.41. The predicted octanol–water partition coefficient (Wildman–Crippen LogP) is 4.98. The lowest BCUT2D eigenvalue weighted by molar-refractivity contribution is -0.120. The number of nitrogens with zero attached hydrogens (tertiary/aromatic N) is 2. The molecule has 2 aliphatic heterocycles. The molecule has 40 heavy (non-hydrogen) atoms. The molecular weight excluding hydrogens is 526 g/mol. The second-order valence-corrected chi connectivity index (χ2v) is 12.4. The van der Waals surface area contributed by atoms with Crippen LogP contribution in [0.25, 0.3) is 10.8 Å². The number of allylic oxidation sites excluding steroid dienone is 2. The molecule has 2 atom stereocenters. The smallest absolute Gasteiger partial charge is 0.259 e. The molecule has 3 aliphatic rings. The lowest BCUT2D eigenvalue weighted by Gasteiger charge is -2.36. The Morgan fingerprint density at radius 1 is 1.05 bits per heavy atom. The summed E-state index contributed by atoms with van der Waals surface area (Å²) in [7, 11) is -2.21. The molecule has 1 aliphatic carbocycles. The Kier molecular flexibility index (Phi) is 6.93. The number of piperidine rings is 1. The number of carbonyl (C=O) groups excluding carboxylic acids is 2. The largest absolute Gasteiger partial charge is 0.497 e. The van der Waals surface area contributed by atoms with Gasteiger partial charge >= 0.3 is 0 Å². The summed E-state index contributed by atoms with van der Waals surface area (Å²) in [5.41, 5.74) is 2.98. The normalized spacial score (nSPS) is 21.0. The van der Waals surface area contributed by atoms with E-state index in [-0.39, 0.29) is 11.8 Å². The predicted molar refractivity (Wildman–Crippen MR) is 155 cm³/mol. The fourth-order valence-electron chi connectivity index (χ4n) is 5.89. The van der Waals surface area contributed by atoms with Crippen molar-refractivity contribution in [2.75, 3.05) is 23.9 Å². The summed E-state index contributed by atoms with van der Waals surface area (Å²) in [4.78, 5) is 28.8. The van der Waals surface area contributed by atoms with E-state index >= 15 is 0 Å². The Bertz CT molecular complexity index is 1650. The number of sulfonamides is 1. The molecular formula is C31H31N3O5S. The van der Waals surface area contributed by atoms with Crippen molar-refractivity contribution in [2.24, 2.45) is 0 Å². The lowest BCUT2D eigenvalue weighted by Crippen LogP contribution is -2.52. The summed E-state index contributed by atoms with van der Waals surface area (Å²) in [5.74, 6) is 0.193. The third-order valence-corrected chi connectivity index (χ3v) is 10.2. The van der Waals surface area contributed by atoms with Gasteiger partial charge in [-0.15, -0.1) is 0 Å². The first-order valence-corrected chi connectivity index (χ1v) is 15.0. The number of amides is 2. The number of benzene rings is 3. The summed E-state index contributed by atoms with van der Waals surface area (Å²) in [6, 6.07) is 18.2. The maximum Gasteiger partial charge on any atom is 0.259 e. The lowest BCUT2D eigenvalue weighted by atomic mass is 10.0. The van der Waals surface area contributed by atoms with Crippen molar-refractivity contribution in [1.29, 1.82) is 0 Å². The summed E-state index contributed by atoms with van der Waals surface area (Å²) < 4.78 is 33.8. The van der Waals surface area contributed by atoms with Crippen molar-refractivity contribution < 1.29 is 22.7 Å². The van der Waals surface area contributed by atoms with Crippen molar-refractivity contribution in [1.82, 2.24) is 4.31 Å². The second-order valence-electron chi connectivity index (χ2n) is 10.3. The average Bonchev–Trinajstić information content (AvgIpc) is 3.26. The van der Waals surface area contributed by atoms with Gasteiger partial charge in [-0.1, -0.05) is 55.0 Å². The standard InChI is InChI=1S/C31H31N3O5S/c1-39-22-13-15-23(16-14-22)40(37,38)34-19-6-5-12-28(34)30(35)32-26-17-18-27-29-24(26)10-7-11-25(29)31(36)33(27)20-21-8-3-2-4-9-21/h2-4,7-11,13-15,17-18,23,28H,5-6,12,16,19-20H2,1H3,(H,32,35). The quantitative estimate of drug-likeness (QED) is 0.442. The molecule has 2 heterocycles. The van der Waals surface area contributed by atoms with E-state index in [1.807, 2.05) is 48.5 Å². The fourth-order valence-corrected chi connectivity index (χ4v) is 7.80. The highest BCUT2D eigenvalue weighted by molar-refractivity contribution is 7.90. The minimum atomic E-state index is -3.76. The first kappa shape index (κ1) is 26.3. The van der Waals surface area contributed by atoms with E-state index in [9.17, 15) is 18.0 Å². The number of hydrogen-bond acceptors (Lipinski definition) is 5. The van der Waals surface area contributed by atoms with Gasteiger partial charge in [-0.3, -0.25) is 9.59 Å². The third-order valence-electron chi connectivity index (χ3n) is 7.95. The Morgan fingerprint density at radius 2 is 1.88 bits per heavy atom. The Labute approximate surface area is 234 Å². The average molecular weight is 558 g/mol. The summed E-state index contributed by atoms with van der Waals surface area (Å²) in [5, 5.41) is 3.82. The monoisotopic (exact) mass is 557 g/mol. The van der Waals surface area contributed by atoms with Crippen molar-refractivity contribution in [3.8, 4) is 0 Å². The number of anilines is 2. The van der Waals surface area contributed by atoms with Crippen LogP contribution in [0.2, 0.25) is 0 Å². The summed E-state index contributed by atoms with van der Waals surface area (Å²) in [6.07, 6.45) is 7.29. The molecule has 2 amide bonds. The zero-order valence-electron chi connectivity index (χ0n) is 22.2. The Balaban J connectivity index is 1.27. The van der Waals surface area contributed by atoms with E-state index < -0.39 is 21.3 Å². The van der Waals surface area contributed by atoms with Crippen LogP contribution in [0, 0.1) is 0 Å². The van der Waals surface area contributed by atoms with E-state index in [1.165, 1.54) is 4.31 Å². The van der Waals surface area contributed by atoms with Crippen LogP contribution in [0.4, 0.5) is 11.4 Å². The third kappa shape index (κ3) is 4.59. The second kappa shape index (κ2) is 10.6. The van der Waals surface area contributed by atoms with Gasteiger partial charge in [0.05, 0.1) is 24.6 Å². The molecule has 3 aromatic carbocycles.